The molecule has 176 valence electrons. The van der Waals surface area contributed by atoms with Crippen LogP contribution in [0.15, 0.2) is 24.4 Å². The molecule has 1 aromatic heterocycles. The minimum atomic E-state index is -1.07. The van der Waals surface area contributed by atoms with Crippen molar-refractivity contribution in [3.8, 4) is 0 Å². The van der Waals surface area contributed by atoms with Gasteiger partial charge >= 0.3 is 0 Å². The van der Waals surface area contributed by atoms with Crippen LogP contribution in [0.2, 0.25) is 0 Å². The van der Waals surface area contributed by atoms with Crippen LogP contribution in [-0.2, 0) is 26.3 Å². The van der Waals surface area contributed by atoms with Gasteiger partial charge in [-0.15, -0.1) is 5.10 Å². The zero-order valence-corrected chi connectivity index (χ0v) is 18.7. The third-order valence-corrected chi connectivity index (χ3v) is 6.91. The number of anilines is 1. The van der Waals surface area contributed by atoms with Crippen LogP contribution in [0, 0.1) is 0 Å². The van der Waals surface area contributed by atoms with Gasteiger partial charge in [0.15, 0.2) is 0 Å². The van der Waals surface area contributed by atoms with E-state index >= 15 is 0 Å². The maximum atomic E-state index is 13.1. The van der Waals surface area contributed by atoms with Crippen LogP contribution < -0.4 is 10.6 Å². The second-order valence-corrected chi connectivity index (χ2v) is 9.29. The minimum Gasteiger partial charge on any atom is -0.324 e. The molecule has 2 N–H and O–H groups in total. The van der Waals surface area contributed by atoms with E-state index in [0.29, 0.717) is 0 Å². The molecular formula is C23H24N6O5. The number of fused-ring (bicyclic) bond motifs is 1. The summed E-state index contributed by atoms with van der Waals surface area (Å²) in [5.41, 5.74) is 1.15. The highest BCUT2D eigenvalue weighted by molar-refractivity contribution is 6.26. The van der Waals surface area contributed by atoms with E-state index in [2.05, 4.69) is 27.9 Å². The van der Waals surface area contributed by atoms with Gasteiger partial charge in [-0.2, -0.15) is 0 Å². The van der Waals surface area contributed by atoms with E-state index in [0.717, 1.165) is 36.3 Å². The molecule has 3 aliphatic rings. The van der Waals surface area contributed by atoms with Gasteiger partial charge in [0.1, 0.15) is 12.6 Å². The van der Waals surface area contributed by atoms with Crippen molar-refractivity contribution >= 4 is 35.2 Å². The molecule has 3 heterocycles. The summed E-state index contributed by atoms with van der Waals surface area (Å²) >= 11 is 0. The molecule has 34 heavy (non-hydrogen) atoms. The number of rotatable bonds is 5. The number of hydrogen-bond donors (Lipinski definition) is 2. The van der Waals surface area contributed by atoms with Crippen molar-refractivity contribution in [1.29, 1.82) is 0 Å². The average Bonchev–Trinajstić information content (AvgIpc) is 3.50. The Morgan fingerprint density at radius 2 is 1.94 bits per heavy atom. The van der Waals surface area contributed by atoms with Gasteiger partial charge in [-0.1, -0.05) is 31.0 Å². The van der Waals surface area contributed by atoms with E-state index in [1.165, 1.54) is 16.8 Å². The van der Waals surface area contributed by atoms with Crippen LogP contribution in [0.5, 0.6) is 0 Å². The topological polar surface area (TPSA) is 143 Å². The van der Waals surface area contributed by atoms with E-state index < -0.39 is 35.6 Å². The Bertz CT molecular complexity index is 1230. The summed E-state index contributed by atoms with van der Waals surface area (Å²) in [7, 11) is 0. The zero-order valence-electron chi connectivity index (χ0n) is 18.7. The van der Waals surface area contributed by atoms with Crippen molar-refractivity contribution in [2.75, 3.05) is 5.32 Å². The molecule has 11 heteroatoms. The summed E-state index contributed by atoms with van der Waals surface area (Å²) in [5, 5.41) is 13.2. The van der Waals surface area contributed by atoms with Crippen LogP contribution in [-0.4, -0.2) is 55.5 Å². The Morgan fingerprint density at radius 3 is 2.68 bits per heavy atom. The highest BCUT2D eigenvalue weighted by atomic mass is 16.2. The lowest BCUT2D eigenvalue weighted by Gasteiger charge is -2.27. The third-order valence-electron chi connectivity index (χ3n) is 6.91. The molecule has 1 unspecified atom stereocenters. The number of aromatic nitrogens is 3. The first kappa shape index (κ1) is 21.9. The van der Waals surface area contributed by atoms with Crippen molar-refractivity contribution in [2.45, 2.75) is 63.5 Å². The number of imide groups is 2. The SMILES string of the molecule is CC1(c2cn(CC(=O)Nc3cccc4c3C(=O)N(C3CCC(=O)NC3=O)C4=O)nn2)CCCC1. The van der Waals surface area contributed by atoms with Crippen LogP contribution in [0.25, 0.3) is 0 Å². The molecular weight excluding hydrogens is 440 g/mol. The van der Waals surface area contributed by atoms with Crippen molar-refractivity contribution in [3.05, 3.63) is 41.2 Å². The number of piperidine rings is 1. The van der Waals surface area contributed by atoms with Gasteiger partial charge in [0, 0.05) is 18.0 Å². The Hall–Kier alpha value is -3.89. The smallest absolute Gasteiger partial charge is 0.264 e. The van der Waals surface area contributed by atoms with E-state index in [1.54, 1.807) is 12.3 Å². The Labute approximate surface area is 194 Å². The van der Waals surface area contributed by atoms with Gasteiger partial charge in [-0.3, -0.25) is 34.2 Å². The van der Waals surface area contributed by atoms with Crippen molar-refractivity contribution in [1.82, 2.24) is 25.2 Å². The first-order chi connectivity index (χ1) is 16.3. The summed E-state index contributed by atoms with van der Waals surface area (Å²) in [5.74, 6) is -2.86. The van der Waals surface area contributed by atoms with Crippen LogP contribution in [0.4, 0.5) is 5.69 Å². The Kier molecular flexibility index (Phi) is 5.26. The molecule has 2 aliphatic heterocycles. The molecule has 0 bridgehead atoms. The fourth-order valence-electron chi connectivity index (χ4n) is 5.02. The van der Waals surface area contributed by atoms with Crippen molar-refractivity contribution in [3.63, 3.8) is 0 Å². The molecule has 0 radical (unpaired) electrons. The summed E-state index contributed by atoms with van der Waals surface area (Å²) in [4.78, 5) is 63.4. The minimum absolute atomic E-state index is 0.0265. The molecule has 2 fully saturated rings. The van der Waals surface area contributed by atoms with Gasteiger partial charge in [-0.25, -0.2) is 4.68 Å². The number of nitrogens with one attached hydrogen (secondary N) is 2. The number of hydrogen-bond acceptors (Lipinski definition) is 7. The molecule has 1 saturated heterocycles. The first-order valence-electron chi connectivity index (χ1n) is 11.3. The number of carbonyl (C=O) groups is 5. The van der Waals surface area contributed by atoms with Crippen LogP contribution >= 0.6 is 0 Å². The highest BCUT2D eigenvalue weighted by Crippen LogP contribution is 2.39. The summed E-state index contributed by atoms with van der Waals surface area (Å²) in [6.07, 6.45) is 6.23. The van der Waals surface area contributed by atoms with Gasteiger partial charge in [0.25, 0.3) is 11.8 Å². The van der Waals surface area contributed by atoms with Crippen LogP contribution in [0.3, 0.4) is 0 Å². The molecule has 1 atom stereocenters. The lowest BCUT2D eigenvalue weighted by molar-refractivity contribution is -0.136. The molecule has 2 aromatic rings. The molecule has 1 aliphatic carbocycles. The van der Waals surface area contributed by atoms with E-state index in [-0.39, 0.29) is 41.6 Å². The van der Waals surface area contributed by atoms with Gasteiger partial charge in [0.05, 0.1) is 22.5 Å². The lowest BCUT2D eigenvalue weighted by Crippen LogP contribution is -2.54. The average molecular weight is 464 g/mol. The maximum Gasteiger partial charge on any atom is 0.264 e. The zero-order chi connectivity index (χ0) is 24.0. The first-order valence-corrected chi connectivity index (χ1v) is 11.3. The van der Waals surface area contributed by atoms with E-state index in [4.69, 9.17) is 0 Å². The molecule has 1 saturated carbocycles. The quantitative estimate of drug-likeness (QED) is 0.632. The lowest BCUT2D eigenvalue weighted by atomic mass is 9.86. The monoisotopic (exact) mass is 464 g/mol. The Morgan fingerprint density at radius 1 is 1.18 bits per heavy atom. The normalized spacial score (nSPS) is 21.6. The fourth-order valence-corrected chi connectivity index (χ4v) is 5.02. The highest BCUT2D eigenvalue weighted by Gasteiger charge is 2.45. The summed E-state index contributed by atoms with van der Waals surface area (Å²) in [6.45, 7) is 2.05. The van der Waals surface area contributed by atoms with Crippen molar-refractivity contribution < 1.29 is 24.0 Å². The standard InChI is InChI=1S/C23H24N6O5/c1-23(9-2-3-10-23)16-11-28(27-26-16)12-18(31)24-14-6-4-5-13-19(14)22(34)29(21(13)33)15-7-8-17(30)25-20(15)32/h4-6,11,15H,2-3,7-10,12H2,1H3,(H,24,31)(H,25,30,32). The predicted octanol–water partition coefficient (Wildman–Crippen LogP) is 1.15. The largest absolute Gasteiger partial charge is 0.324 e. The van der Waals surface area contributed by atoms with Gasteiger partial charge in [0.2, 0.25) is 17.7 Å². The van der Waals surface area contributed by atoms with Crippen LogP contribution in [0.1, 0.15) is 71.9 Å². The molecule has 5 amide bonds. The molecule has 11 nitrogen and oxygen atoms in total. The molecule has 0 spiro atoms. The van der Waals surface area contributed by atoms with E-state index in [1.807, 2.05) is 0 Å². The van der Waals surface area contributed by atoms with Crippen molar-refractivity contribution in [2.24, 2.45) is 0 Å². The fraction of sp³-hybridized carbons (Fsp3) is 0.435. The molecule has 1 aromatic carbocycles. The summed E-state index contributed by atoms with van der Waals surface area (Å²) < 4.78 is 1.46. The molecule has 5 rings (SSSR count). The third kappa shape index (κ3) is 3.66. The number of benzene rings is 1. The number of amides is 5. The summed E-state index contributed by atoms with van der Waals surface area (Å²) in [6, 6.07) is 3.49. The number of nitrogens with zero attached hydrogens (tertiary/aromatic N) is 4. The van der Waals surface area contributed by atoms with E-state index in [9.17, 15) is 24.0 Å². The van der Waals surface area contributed by atoms with Gasteiger partial charge < -0.3 is 5.32 Å². The predicted molar refractivity (Wildman–Crippen MR) is 118 cm³/mol. The number of carbonyl (C=O) groups excluding carboxylic acids is 5. The second kappa shape index (κ2) is 8.15. The van der Waals surface area contributed by atoms with Gasteiger partial charge in [-0.05, 0) is 31.4 Å². The second-order valence-electron chi connectivity index (χ2n) is 9.29. The Balaban J connectivity index is 1.33. The maximum absolute atomic E-state index is 13.1.